The quantitative estimate of drug-likeness (QED) is 0.877. The summed E-state index contributed by atoms with van der Waals surface area (Å²) in [6, 6.07) is 4.34. The lowest BCUT2D eigenvalue weighted by molar-refractivity contribution is 0.340. The second-order valence-electron chi connectivity index (χ2n) is 3.96. The minimum absolute atomic E-state index is 0.111. The first kappa shape index (κ1) is 15.3. The van der Waals surface area contributed by atoms with Gasteiger partial charge >= 0.3 is 0 Å². The molecule has 102 valence electrons. The van der Waals surface area contributed by atoms with Gasteiger partial charge in [-0.05, 0) is 38.5 Å². The maximum Gasteiger partial charge on any atom is 0.240 e. The van der Waals surface area contributed by atoms with Crippen molar-refractivity contribution in [2.75, 3.05) is 6.61 Å². The fourth-order valence-electron chi connectivity index (χ4n) is 1.34. The first-order valence-electron chi connectivity index (χ1n) is 5.85. The van der Waals surface area contributed by atoms with Gasteiger partial charge in [0.1, 0.15) is 5.75 Å². The molecule has 0 aliphatic carbocycles. The predicted molar refractivity (Wildman–Crippen MR) is 72.7 cm³/mol. The molecular weight excluding hydrogens is 274 g/mol. The normalized spacial score (nSPS) is 13.3. The SMILES string of the molecule is CCOc1ccc(S(=O)(=O)N[C@@H](C)CC)cc1Cl. The molecule has 1 rings (SSSR count). The Labute approximate surface area is 113 Å². The molecule has 0 aliphatic rings. The van der Waals surface area contributed by atoms with Crippen LogP contribution in [-0.2, 0) is 10.0 Å². The first-order chi connectivity index (χ1) is 8.40. The molecule has 0 unspecified atom stereocenters. The third kappa shape index (κ3) is 3.86. The lowest BCUT2D eigenvalue weighted by Crippen LogP contribution is -2.31. The Morgan fingerprint density at radius 1 is 1.39 bits per heavy atom. The standard InChI is InChI=1S/C12H18ClNO3S/c1-4-9(3)14-18(15,16)10-6-7-12(17-5-2)11(13)8-10/h6-9,14H,4-5H2,1-3H3/t9-/m0/s1. The van der Waals surface area contributed by atoms with Gasteiger partial charge in [-0.1, -0.05) is 18.5 Å². The van der Waals surface area contributed by atoms with Crippen LogP contribution >= 0.6 is 11.6 Å². The summed E-state index contributed by atoms with van der Waals surface area (Å²) in [4.78, 5) is 0.149. The highest BCUT2D eigenvalue weighted by Crippen LogP contribution is 2.27. The summed E-state index contributed by atoms with van der Waals surface area (Å²) >= 11 is 5.97. The van der Waals surface area contributed by atoms with Gasteiger partial charge in [-0.3, -0.25) is 0 Å². The molecule has 0 bridgehead atoms. The highest BCUT2D eigenvalue weighted by atomic mass is 35.5. The van der Waals surface area contributed by atoms with E-state index in [9.17, 15) is 8.42 Å². The van der Waals surface area contributed by atoms with E-state index in [1.54, 1.807) is 6.07 Å². The van der Waals surface area contributed by atoms with Crippen molar-refractivity contribution in [1.82, 2.24) is 4.72 Å². The molecule has 0 fully saturated rings. The van der Waals surface area contributed by atoms with Crippen LogP contribution in [0.5, 0.6) is 5.75 Å². The lowest BCUT2D eigenvalue weighted by Gasteiger charge is -2.13. The maximum absolute atomic E-state index is 12.0. The van der Waals surface area contributed by atoms with E-state index < -0.39 is 10.0 Å². The van der Waals surface area contributed by atoms with E-state index in [2.05, 4.69) is 4.72 Å². The van der Waals surface area contributed by atoms with Gasteiger partial charge in [0.15, 0.2) is 0 Å². The van der Waals surface area contributed by atoms with Crippen LogP contribution in [0.3, 0.4) is 0 Å². The van der Waals surface area contributed by atoms with Gasteiger partial charge in [0, 0.05) is 6.04 Å². The molecule has 0 aliphatic heterocycles. The number of nitrogens with one attached hydrogen (secondary N) is 1. The predicted octanol–water partition coefficient (Wildman–Crippen LogP) is 2.82. The zero-order valence-electron chi connectivity index (χ0n) is 10.7. The number of sulfonamides is 1. The number of hydrogen-bond donors (Lipinski definition) is 1. The van der Waals surface area contributed by atoms with Crippen LogP contribution in [0.4, 0.5) is 0 Å². The zero-order valence-corrected chi connectivity index (χ0v) is 12.3. The second-order valence-corrected chi connectivity index (χ2v) is 6.08. The van der Waals surface area contributed by atoms with Crippen molar-refractivity contribution in [3.05, 3.63) is 23.2 Å². The van der Waals surface area contributed by atoms with Gasteiger partial charge in [-0.15, -0.1) is 0 Å². The smallest absolute Gasteiger partial charge is 0.240 e. The van der Waals surface area contributed by atoms with Crippen LogP contribution in [0.15, 0.2) is 23.1 Å². The Hall–Kier alpha value is -0.780. The molecule has 4 nitrogen and oxygen atoms in total. The minimum Gasteiger partial charge on any atom is -0.492 e. The second kappa shape index (κ2) is 6.41. The van der Waals surface area contributed by atoms with E-state index >= 15 is 0 Å². The Balaban J connectivity index is 3.00. The van der Waals surface area contributed by atoms with Crippen LogP contribution in [0.1, 0.15) is 27.2 Å². The molecule has 6 heteroatoms. The van der Waals surface area contributed by atoms with Crippen LogP contribution in [0.25, 0.3) is 0 Å². The van der Waals surface area contributed by atoms with Crippen LogP contribution in [-0.4, -0.2) is 21.1 Å². The molecule has 1 N–H and O–H groups in total. The molecule has 0 saturated heterocycles. The lowest BCUT2D eigenvalue weighted by atomic mass is 10.3. The highest BCUT2D eigenvalue weighted by Gasteiger charge is 2.17. The molecule has 1 aromatic rings. The molecule has 1 aromatic carbocycles. The van der Waals surface area contributed by atoms with Crippen molar-refractivity contribution in [3.8, 4) is 5.75 Å². The van der Waals surface area contributed by atoms with Crippen molar-refractivity contribution < 1.29 is 13.2 Å². The van der Waals surface area contributed by atoms with Gasteiger partial charge in [-0.25, -0.2) is 13.1 Å². The zero-order chi connectivity index (χ0) is 13.8. The van der Waals surface area contributed by atoms with Crippen molar-refractivity contribution in [3.63, 3.8) is 0 Å². The summed E-state index contributed by atoms with van der Waals surface area (Å²) in [7, 11) is -3.52. The molecule has 0 saturated carbocycles. The number of rotatable bonds is 6. The van der Waals surface area contributed by atoms with Gasteiger partial charge in [0.05, 0.1) is 16.5 Å². The summed E-state index contributed by atoms with van der Waals surface area (Å²) in [6.07, 6.45) is 0.726. The number of ether oxygens (including phenoxy) is 1. The minimum atomic E-state index is -3.52. The van der Waals surface area contributed by atoms with Crippen molar-refractivity contribution in [1.29, 1.82) is 0 Å². The van der Waals surface area contributed by atoms with Gasteiger partial charge < -0.3 is 4.74 Å². The van der Waals surface area contributed by atoms with Crippen LogP contribution < -0.4 is 9.46 Å². The Kier molecular flexibility index (Phi) is 5.44. The molecule has 1 atom stereocenters. The molecule has 0 radical (unpaired) electrons. The van der Waals surface area contributed by atoms with E-state index in [0.29, 0.717) is 17.4 Å². The number of hydrogen-bond acceptors (Lipinski definition) is 3. The van der Waals surface area contributed by atoms with Gasteiger partial charge in [0.25, 0.3) is 0 Å². The Morgan fingerprint density at radius 3 is 2.56 bits per heavy atom. The average Bonchev–Trinajstić information content (AvgIpc) is 2.31. The van der Waals surface area contributed by atoms with E-state index in [0.717, 1.165) is 6.42 Å². The van der Waals surface area contributed by atoms with Crippen molar-refractivity contribution >= 4 is 21.6 Å². The molecule has 18 heavy (non-hydrogen) atoms. The number of halogens is 1. The molecular formula is C12H18ClNO3S. The van der Waals surface area contributed by atoms with Crippen molar-refractivity contribution in [2.24, 2.45) is 0 Å². The summed E-state index contributed by atoms with van der Waals surface area (Å²) in [5.74, 6) is 0.488. The molecule has 0 heterocycles. The summed E-state index contributed by atoms with van der Waals surface area (Å²) in [6.45, 7) is 6.05. The molecule has 0 amide bonds. The fourth-order valence-corrected chi connectivity index (χ4v) is 2.99. The summed E-state index contributed by atoms with van der Waals surface area (Å²) in [5.41, 5.74) is 0. The highest BCUT2D eigenvalue weighted by molar-refractivity contribution is 7.89. The summed E-state index contributed by atoms with van der Waals surface area (Å²) < 4.78 is 31.9. The Bertz CT molecular complexity index is 502. The van der Waals surface area contributed by atoms with Crippen molar-refractivity contribution in [2.45, 2.75) is 38.1 Å². The monoisotopic (exact) mass is 291 g/mol. The summed E-state index contributed by atoms with van der Waals surface area (Å²) in [5, 5.41) is 0.295. The van der Waals surface area contributed by atoms with Crippen LogP contribution in [0, 0.1) is 0 Å². The van der Waals surface area contributed by atoms with E-state index in [4.69, 9.17) is 16.3 Å². The molecule has 0 aromatic heterocycles. The first-order valence-corrected chi connectivity index (χ1v) is 7.71. The topological polar surface area (TPSA) is 55.4 Å². The third-order valence-corrected chi connectivity index (χ3v) is 4.36. The largest absolute Gasteiger partial charge is 0.492 e. The van der Waals surface area contributed by atoms with Crippen LogP contribution in [0.2, 0.25) is 5.02 Å². The van der Waals surface area contributed by atoms with E-state index in [1.165, 1.54) is 12.1 Å². The fraction of sp³-hybridized carbons (Fsp3) is 0.500. The van der Waals surface area contributed by atoms with E-state index in [1.807, 2.05) is 20.8 Å². The molecule has 0 spiro atoms. The Morgan fingerprint density at radius 2 is 2.06 bits per heavy atom. The third-order valence-electron chi connectivity index (χ3n) is 2.48. The maximum atomic E-state index is 12.0. The average molecular weight is 292 g/mol. The number of benzene rings is 1. The van der Waals surface area contributed by atoms with E-state index in [-0.39, 0.29) is 10.9 Å². The van der Waals surface area contributed by atoms with Gasteiger partial charge in [-0.2, -0.15) is 0 Å². The van der Waals surface area contributed by atoms with Gasteiger partial charge in [0.2, 0.25) is 10.0 Å².